The second-order valence-corrected chi connectivity index (χ2v) is 5.19. The Morgan fingerprint density at radius 3 is 2.62 bits per heavy atom. The zero-order chi connectivity index (χ0) is 15.2. The maximum atomic E-state index is 11.9. The van der Waals surface area contributed by atoms with Gasteiger partial charge in [0.2, 0.25) is 5.91 Å². The highest BCUT2D eigenvalue weighted by molar-refractivity contribution is 5.77. The Labute approximate surface area is 125 Å². The lowest BCUT2D eigenvalue weighted by Crippen LogP contribution is -2.27. The van der Waals surface area contributed by atoms with E-state index in [0.29, 0.717) is 19.6 Å². The van der Waals surface area contributed by atoms with Crippen molar-refractivity contribution in [1.82, 2.24) is 5.32 Å². The summed E-state index contributed by atoms with van der Waals surface area (Å²) in [5.41, 5.74) is 2.46. The molecule has 1 atom stereocenters. The van der Waals surface area contributed by atoms with Crippen LogP contribution in [0.2, 0.25) is 0 Å². The smallest absolute Gasteiger partial charge is 0.220 e. The molecule has 0 saturated carbocycles. The summed E-state index contributed by atoms with van der Waals surface area (Å²) in [5.74, 6) is 1.80. The minimum absolute atomic E-state index is 0.0692. The molecule has 116 valence electrons. The van der Waals surface area contributed by atoms with Crippen LogP contribution in [0, 0.1) is 0 Å². The number of hydrogen-bond donors (Lipinski definition) is 1. The van der Waals surface area contributed by atoms with Gasteiger partial charge in [-0.25, -0.2) is 0 Å². The predicted octanol–water partition coefficient (Wildman–Crippen LogP) is 1.89. The van der Waals surface area contributed by atoms with Crippen molar-refractivity contribution in [3.8, 4) is 11.5 Å². The molecule has 2 rings (SSSR count). The normalized spacial score (nSPS) is 16.4. The Kier molecular flexibility index (Phi) is 5.44. The van der Waals surface area contributed by atoms with E-state index in [2.05, 4.69) is 5.32 Å². The van der Waals surface area contributed by atoms with Crippen LogP contribution in [0.1, 0.15) is 29.9 Å². The molecule has 0 bridgehead atoms. The van der Waals surface area contributed by atoms with Crippen LogP contribution in [0.4, 0.5) is 0 Å². The quantitative estimate of drug-likeness (QED) is 0.780. The zero-order valence-corrected chi connectivity index (χ0v) is 12.9. The standard InChI is InChI=1S/C16H23NO4/c1-19-7-6-17-16(18)9-12-5-4-11-8-14(20-2)15(21-3)10-13(11)12/h8,10,12H,4-7,9H2,1-3H3,(H,17,18). The molecule has 0 aromatic heterocycles. The molecule has 0 heterocycles. The third kappa shape index (κ3) is 3.67. The van der Waals surface area contributed by atoms with Crippen LogP contribution in [0.5, 0.6) is 11.5 Å². The molecule has 0 aliphatic heterocycles. The first-order valence-electron chi connectivity index (χ1n) is 7.20. The van der Waals surface area contributed by atoms with E-state index < -0.39 is 0 Å². The molecule has 0 fully saturated rings. The van der Waals surface area contributed by atoms with E-state index in [0.717, 1.165) is 24.3 Å². The lowest BCUT2D eigenvalue weighted by atomic mass is 9.97. The zero-order valence-electron chi connectivity index (χ0n) is 12.9. The monoisotopic (exact) mass is 293 g/mol. The minimum Gasteiger partial charge on any atom is -0.493 e. The van der Waals surface area contributed by atoms with Crippen LogP contribution in [-0.4, -0.2) is 40.4 Å². The molecular formula is C16H23NO4. The highest BCUT2D eigenvalue weighted by Gasteiger charge is 2.26. The van der Waals surface area contributed by atoms with Crippen molar-refractivity contribution in [2.24, 2.45) is 0 Å². The van der Waals surface area contributed by atoms with Crippen LogP contribution < -0.4 is 14.8 Å². The van der Waals surface area contributed by atoms with Gasteiger partial charge >= 0.3 is 0 Å². The van der Waals surface area contributed by atoms with Gasteiger partial charge in [0.15, 0.2) is 11.5 Å². The number of ether oxygens (including phenoxy) is 3. The Balaban J connectivity index is 2.05. The third-order valence-electron chi connectivity index (χ3n) is 3.91. The molecule has 1 aromatic rings. The molecule has 1 aromatic carbocycles. The second-order valence-electron chi connectivity index (χ2n) is 5.19. The van der Waals surface area contributed by atoms with Gasteiger partial charge in [-0.2, -0.15) is 0 Å². The highest BCUT2D eigenvalue weighted by atomic mass is 16.5. The third-order valence-corrected chi connectivity index (χ3v) is 3.91. The Morgan fingerprint density at radius 1 is 1.24 bits per heavy atom. The van der Waals surface area contributed by atoms with E-state index in [9.17, 15) is 4.79 Å². The molecular weight excluding hydrogens is 270 g/mol. The number of carbonyl (C=O) groups excluding carboxylic acids is 1. The minimum atomic E-state index is 0.0692. The van der Waals surface area contributed by atoms with Gasteiger partial charge in [-0.05, 0) is 42.0 Å². The molecule has 1 aliphatic carbocycles. The summed E-state index contributed by atoms with van der Waals surface area (Å²) in [5, 5.41) is 2.87. The van der Waals surface area contributed by atoms with Gasteiger partial charge in [-0.3, -0.25) is 4.79 Å². The van der Waals surface area contributed by atoms with E-state index in [1.807, 2.05) is 12.1 Å². The lowest BCUT2D eigenvalue weighted by molar-refractivity contribution is -0.121. The Morgan fingerprint density at radius 2 is 1.95 bits per heavy atom. The van der Waals surface area contributed by atoms with E-state index in [1.54, 1.807) is 21.3 Å². The first-order chi connectivity index (χ1) is 10.2. The number of fused-ring (bicyclic) bond motifs is 1. The highest BCUT2D eigenvalue weighted by Crippen LogP contribution is 2.41. The summed E-state index contributed by atoms with van der Waals surface area (Å²) < 4.78 is 15.6. The van der Waals surface area contributed by atoms with Crippen LogP contribution >= 0.6 is 0 Å². The van der Waals surface area contributed by atoms with E-state index in [1.165, 1.54) is 11.1 Å². The molecule has 0 saturated heterocycles. The average molecular weight is 293 g/mol. The Hall–Kier alpha value is -1.75. The number of nitrogens with one attached hydrogen (secondary N) is 1. The first-order valence-corrected chi connectivity index (χ1v) is 7.20. The Bertz CT molecular complexity index is 501. The summed E-state index contributed by atoms with van der Waals surface area (Å²) >= 11 is 0. The summed E-state index contributed by atoms with van der Waals surface area (Å²) in [6.07, 6.45) is 2.47. The summed E-state index contributed by atoms with van der Waals surface area (Å²) in [4.78, 5) is 11.9. The molecule has 1 amide bonds. The van der Waals surface area contributed by atoms with Gasteiger partial charge in [0.25, 0.3) is 0 Å². The van der Waals surface area contributed by atoms with E-state index >= 15 is 0 Å². The van der Waals surface area contributed by atoms with Crippen molar-refractivity contribution >= 4 is 5.91 Å². The van der Waals surface area contributed by atoms with Crippen molar-refractivity contribution in [1.29, 1.82) is 0 Å². The number of methoxy groups -OCH3 is 3. The average Bonchev–Trinajstić information content (AvgIpc) is 2.88. The fraction of sp³-hybridized carbons (Fsp3) is 0.562. The number of aryl methyl sites for hydroxylation is 1. The van der Waals surface area contributed by atoms with Crippen molar-refractivity contribution in [2.75, 3.05) is 34.5 Å². The summed E-state index contributed by atoms with van der Waals surface area (Å²) in [7, 11) is 4.89. The van der Waals surface area contributed by atoms with Gasteiger partial charge in [-0.15, -0.1) is 0 Å². The van der Waals surface area contributed by atoms with Gasteiger partial charge in [0.1, 0.15) is 0 Å². The summed E-state index contributed by atoms with van der Waals surface area (Å²) in [6.45, 7) is 1.10. The van der Waals surface area contributed by atoms with Crippen molar-refractivity contribution in [3.63, 3.8) is 0 Å². The molecule has 5 nitrogen and oxygen atoms in total. The molecule has 1 aliphatic rings. The maximum Gasteiger partial charge on any atom is 0.220 e. The number of rotatable bonds is 7. The number of hydrogen-bond acceptors (Lipinski definition) is 4. The number of benzene rings is 1. The molecule has 0 radical (unpaired) electrons. The molecule has 1 unspecified atom stereocenters. The van der Waals surface area contributed by atoms with Crippen LogP contribution in [0.15, 0.2) is 12.1 Å². The summed E-state index contributed by atoms with van der Waals surface area (Å²) in [6, 6.07) is 4.03. The fourth-order valence-corrected chi connectivity index (χ4v) is 2.82. The molecule has 0 spiro atoms. The number of carbonyl (C=O) groups is 1. The molecule has 1 N–H and O–H groups in total. The second kappa shape index (κ2) is 7.31. The van der Waals surface area contributed by atoms with Crippen molar-refractivity contribution in [3.05, 3.63) is 23.3 Å². The van der Waals surface area contributed by atoms with Crippen molar-refractivity contribution in [2.45, 2.75) is 25.2 Å². The molecule has 5 heteroatoms. The van der Waals surface area contributed by atoms with Crippen LogP contribution in [0.3, 0.4) is 0 Å². The van der Waals surface area contributed by atoms with Gasteiger partial charge in [0, 0.05) is 20.1 Å². The largest absolute Gasteiger partial charge is 0.493 e. The SMILES string of the molecule is COCCNC(=O)CC1CCc2cc(OC)c(OC)cc21. The molecule has 21 heavy (non-hydrogen) atoms. The number of amides is 1. The fourth-order valence-electron chi connectivity index (χ4n) is 2.82. The van der Waals surface area contributed by atoms with E-state index in [-0.39, 0.29) is 11.8 Å². The van der Waals surface area contributed by atoms with Crippen LogP contribution in [-0.2, 0) is 16.0 Å². The van der Waals surface area contributed by atoms with Crippen molar-refractivity contribution < 1.29 is 19.0 Å². The maximum absolute atomic E-state index is 11.9. The lowest BCUT2D eigenvalue weighted by Gasteiger charge is -2.14. The van der Waals surface area contributed by atoms with Gasteiger partial charge < -0.3 is 19.5 Å². The first kappa shape index (κ1) is 15.6. The topological polar surface area (TPSA) is 56.8 Å². The van der Waals surface area contributed by atoms with E-state index in [4.69, 9.17) is 14.2 Å². The van der Waals surface area contributed by atoms with Gasteiger partial charge in [0.05, 0.1) is 20.8 Å². The van der Waals surface area contributed by atoms with Crippen LogP contribution in [0.25, 0.3) is 0 Å². The predicted molar refractivity (Wildman–Crippen MR) is 80.1 cm³/mol. The van der Waals surface area contributed by atoms with Gasteiger partial charge in [-0.1, -0.05) is 0 Å².